The van der Waals surface area contributed by atoms with Crippen molar-refractivity contribution < 1.29 is 19.1 Å². The van der Waals surface area contributed by atoms with Crippen LogP contribution in [0.3, 0.4) is 0 Å². The monoisotopic (exact) mass is 250 g/mol. The number of nitrogens with zero attached hydrogens (tertiary/aromatic N) is 2. The Hall–Kier alpha value is -2.08. The van der Waals surface area contributed by atoms with Gasteiger partial charge in [0.25, 0.3) is 5.89 Å². The third-order valence-electron chi connectivity index (χ3n) is 2.45. The molecule has 1 unspecified atom stereocenters. The van der Waals surface area contributed by atoms with Gasteiger partial charge in [0.15, 0.2) is 5.82 Å². The van der Waals surface area contributed by atoms with Crippen molar-refractivity contribution in [3.05, 3.63) is 24.0 Å². The molecule has 6 nitrogen and oxygen atoms in total. The summed E-state index contributed by atoms with van der Waals surface area (Å²) < 4.78 is 15.4. The number of benzene rings is 1. The first kappa shape index (κ1) is 12.4. The van der Waals surface area contributed by atoms with E-state index in [9.17, 15) is 5.11 Å². The van der Waals surface area contributed by atoms with Crippen LogP contribution in [0.2, 0.25) is 0 Å². The Morgan fingerprint density at radius 2 is 2.06 bits per heavy atom. The van der Waals surface area contributed by atoms with Gasteiger partial charge < -0.3 is 19.1 Å². The largest absolute Gasteiger partial charge is 0.497 e. The summed E-state index contributed by atoms with van der Waals surface area (Å²) in [4.78, 5) is 4.10. The molecule has 1 aromatic heterocycles. The molecule has 0 saturated heterocycles. The highest BCUT2D eigenvalue weighted by atomic mass is 16.5. The molecule has 0 fully saturated rings. The molecule has 2 aromatic rings. The van der Waals surface area contributed by atoms with E-state index in [1.165, 1.54) is 0 Å². The van der Waals surface area contributed by atoms with Crippen molar-refractivity contribution in [2.24, 2.45) is 0 Å². The van der Waals surface area contributed by atoms with Crippen molar-refractivity contribution in [1.29, 1.82) is 0 Å². The maximum atomic E-state index is 9.36. The Kier molecular flexibility index (Phi) is 3.47. The van der Waals surface area contributed by atoms with E-state index in [-0.39, 0.29) is 5.82 Å². The molecule has 0 aliphatic rings. The fourth-order valence-electron chi connectivity index (χ4n) is 1.49. The molecule has 0 saturated carbocycles. The lowest BCUT2D eigenvalue weighted by atomic mass is 10.2. The second-order valence-electron chi connectivity index (χ2n) is 3.70. The zero-order valence-corrected chi connectivity index (χ0v) is 10.4. The fourth-order valence-corrected chi connectivity index (χ4v) is 1.49. The van der Waals surface area contributed by atoms with Gasteiger partial charge in [-0.05, 0) is 19.1 Å². The summed E-state index contributed by atoms with van der Waals surface area (Å²) in [6.07, 6.45) is -0.772. The minimum Gasteiger partial charge on any atom is -0.497 e. The quantitative estimate of drug-likeness (QED) is 0.891. The predicted octanol–water partition coefficient (Wildman–Crippen LogP) is 1.81. The second-order valence-corrected chi connectivity index (χ2v) is 3.70. The van der Waals surface area contributed by atoms with E-state index in [0.717, 1.165) is 0 Å². The standard InChI is InChI=1S/C12H14N2O4/c1-7(15)11-13-12(18-14-11)9-5-4-8(16-2)6-10(9)17-3/h4-7,15H,1-3H3. The maximum absolute atomic E-state index is 9.36. The van der Waals surface area contributed by atoms with Crippen LogP contribution in [0, 0.1) is 0 Å². The molecule has 1 heterocycles. The van der Waals surface area contributed by atoms with Gasteiger partial charge in [0.1, 0.15) is 17.6 Å². The summed E-state index contributed by atoms with van der Waals surface area (Å²) in [5.74, 6) is 1.77. The molecule has 0 bridgehead atoms. The minimum absolute atomic E-state index is 0.239. The first-order chi connectivity index (χ1) is 8.65. The van der Waals surface area contributed by atoms with Crippen LogP contribution >= 0.6 is 0 Å². The Morgan fingerprint density at radius 3 is 2.61 bits per heavy atom. The summed E-state index contributed by atoms with van der Waals surface area (Å²) in [6, 6.07) is 5.25. The molecule has 0 aliphatic carbocycles. The lowest BCUT2D eigenvalue weighted by Gasteiger charge is -2.06. The smallest absolute Gasteiger partial charge is 0.261 e. The Bertz CT molecular complexity index is 537. The molecular weight excluding hydrogens is 236 g/mol. The van der Waals surface area contributed by atoms with Crippen LogP contribution < -0.4 is 9.47 Å². The molecule has 1 N–H and O–H groups in total. The number of aromatic nitrogens is 2. The van der Waals surface area contributed by atoms with E-state index < -0.39 is 6.10 Å². The third-order valence-corrected chi connectivity index (χ3v) is 2.45. The summed E-state index contributed by atoms with van der Waals surface area (Å²) in [5, 5.41) is 13.0. The minimum atomic E-state index is -0.772. The average molecular weight is 250 g/mol. The zero-order valence-electron chi connectivity index (χ0n) is 10.4. The molecule has 2 rings (SSSR count). The number of hydrogen-bond acceptors (Lipinski definition) is 6. The first-order valence-electron chi connectivity index (χ1n) is 5.39. The SMILES string of the molecule is COc1ccc(-c2nc(C(C)O)no2)c(OC)c1. The summed E-state index contributed by atoms with van der Waals surface area (Å²) in [7, 11) is 3.12. The van der Waals surface area contributed by atoms with Gasteiger partial charge in [0.2, 0.25) is 0 Å². The number of ether oxygens (including phenoxy) is 2. The van der Waals surface area contributed by atoms with Gasteiger partial charge in [-0.1, -0.05) is 5.16 Å². The molecule has 18 heavy (non-hydrogen) atoms. The van der Waals surface area contributed by atoms with E-state index in [0.29, 0.717) is 23.0 Å². The van der Waals surface area contributed by atoms with Crippen LogP contribution in [0.5, 0.6) is 11.5 Å². The summed E-state index contributed by atoms with van der Waals surface area (Å²) in [6.45, 7) is 1.57. The second kappa shape index (κ2) is 5.05. The van der Waals surface area contributed by atoms with Crippen molar-refractivity contribution in [3.63, 3.8) is 0 Å². The fraction of sp³-hybridized carbons (Fsp3) is 0.333. The van der Waals surface area contributed by atoms with Crippen molar-refractivity contribution >= 4 is 0 Å². The average Bonchev–Trinajstić information content (AvgIpc) is 2.87. The van der Waals surface area contributed by atoms with Gasteiger partial charge in [0, 0.05) is 6.07 Å². The molecule has 0 aliphatic heterocycles. The van der Waals surface area contributed by atoms with Gasteiger partial charge in [-0.15, -0.1) is 0 Å². The van der Waals surface area contributed by atoms with Crippen LogP contribution in [0.4, 0.5) is 0 Å². The molecule has 0 amide bonds. The molecule has 1 atom stereocenters. The number of methoxy groups -OCH3 is 2. The third kappa shape index (κ3) is 2.28. The number of hydrogen-bond donors (Lipinski definition) is 1. The van der Waals surface area contributed by atoms with Crippen LogP contribution in [-0.4, -0.2) is 29.5 Å². The molecule has 6 heteroatoms. The highest BCUT2D eigenvalue weighted by molar-refractivity contribution is 5.64. The van der Waals surface area contributed by atoms with E-state index in [1.807, 2.05) is 0 Å². The van der Waals surface area contributed by atoms with Crippen LogP contribution in [0.25, 0.3) is 11.5 Å². The van der Waals surface area contributed by atoms with Crippen LogP contribution in [0.1, 0.15) is 18.9 Å². The Labute approximate surface area is 104 Å². The normalized spacial score (nSPS) is 12.2. The highest BCUT2D eigenvalue weighted by Gasteiger charge is 2.16. The van der Waals surface area contributed by atoms with Gasteiger partial charge in [-0.2, -0.15) is 4.98 Å². The van der Waals surface area contributed by atoms with Crippen molar-refractivity contribution in [1.82, 2.24) is 10.1 Å². The molecule has 96 valence electrons. The topological polar surface area (TPSA) is 77.6 Å². The van der Waals surface area contributed by atoms with Crippen LogP contribution in [0.15, 0.2) is 22.7 Å². The number of aliphatic hydroxyl groups excluding tert-OH is 1. The van der Waals surface area contributed by atoms with Gasteiger partial charge in [-0.3, -0.25) is 0 Å². The Balaban J connectivity index is 2.42. The van der Waals surface area contributed by atoms with Crippen LogP contribution in [-0.2, 0) is 0 Å². The molecule has 0 spiro atoms. The maximum Gasteiger partial charge on any atom is 0.261 e. The van der Waals surface area contributed by atoms with E-state index in [4.69, 9.17) is 14.0 Å². The van der Waals surface area contributed by atoms with Gasteiger partial charge >= 0.3 is 0 Å². The summed E-state index contributed by atoms with van der Waals surface area (Å²) in [5.41, 5.74) is 0.651. The lowest BCUT2D eigenvalue weighted by molar-refractivity contribution is 0.184. The van der Waals surface area contributed by atoms with Gasteiger partial charge in [0.05, 0.1) is 19.8 Å². The van der Waals surface area contributed by atoms with Crippen molar-refractivity contribution in [2.45, 2.75) is 13.0 Å². The zero-order chi connectivity index (χ0) is 13.1. The van der Waals surface area contributed by atoms with E-state index >= 15 is 0 Å². The Morgan fingerprint density at radius 1 is 1.28 bits per heavy atom. The first-order valence-corrected chi connectivity index (χ1v) is 5.39. The van der Waals surface area contributed by atoms with Crippen molar-refractivity contribution in [3.8, 4) is 23.0 Å². The van der Waals surface area contributed by atoms with E-state index in [2.05, 4.69) is 10.1 Å². The number of aliphatic hydroxyl groups is 1. The lowest BCUT2D eigenvalue weighted by Crippen LogP contribution is -1.94. The van der Waals surface area contributed by atoms with Crippen molar-refractivity contribution in [2.75, 3.05) is 14.2 Å². The van der Waals surface area contributed by atoms with E-state index in [1.54, 1.807) is 39.3 Å². The summed E-state index contributed by atoms with van der Waals surface area (Å²) >= 11 is 0. The molecule has 1 aromatic carbocycles. The molecule has 0 radical (unpaired) electrons. The van der Waals surface area contributed by atoms with Gasteiger partial charge in [-0.25, -0.2) is 0 Å². The highest BCUT2D eigenvalue weighted by Crippen LogP contribution is 2.32. The predicted molar refractivity (Wildman–Crippen MR) is 63.5 cm³/mol. The number of rotatable bonds is 4. The molecular formula is C12H14N2O4.